The molecule has 26 heavy (non-hydrogen) atoms. The third-order valence-electron chi connectivity index (χ3n) is 3.76. The van der Waals surface area contributed by atoms with Gasteiger partial charge in [-0.25, -0.2) is 9.89 Å². The van der Waals surface area contributed by atoms with Crippen LogP contribution in [0.1, 0.15) is 11.1 Å². The van der Waals surface area contributed by atoms with E-state index in [1.165, 1.54) is 17.3 Å². The topological polar surface area (TPSA) is 83.7 Å². The van der Waals surface area contributed by atoms with Crippen molar-refractivity contribution < 1.29 is 4.74 Å². The fraction of sp³-hybridized carbons (Fsp3) is 0.211. The molecule has 0 bridgehead atoms. The summed E-state index contributed by atoms with van der Waals surface area (Å²) in [4.78, 5) is 11.9. The fourth-order valence-corrected chi connectivity index (χ4v) is 3.20. The lowest BCUT2D eigenvalue weighted by atomic mass is 10.1. The van der Waals surface area contributed by atoms with E-state index >= 15 is 0 Å². The predicted octanol–water partition coefficient (Wildman–Crippen LogP) is 2.86. The average Bonchev–Trinajstić information content (AvgIpc) is 3.04. The summed E-state index contributed by atoms with van der Waals surface area (Å²) in [5, 5.41) is 16.0. The van der Waals surface area contributed by atoms with Crippen LogP contribution in [-0.4, -0.2) is 27.1 Å². The highest BCUT2D eigenvalue weighted by Gasteiger charge is 2.09. The third-order valence-corrected chi connectivity index (χ3v) is 4.70. The molecule has 0 aliphatic carbocycles. The molecule has 0 saturated heterocycles. The molecule has 3 aromatic rings. The third kappa shape index (κ3) is 4.77. The Kier molecular flexibility index (Phi) is 6.12. The molecule has 7 heteroatoms. The van der Waals surface area contributed by atoms with Crippen molar-refractivity contribution >= 4 is 11.8 Å². The monoisotopic (exact) mass is 366 g/mol. The molecule has 0 radical (unpaired) electrons. The Balaban J connectivity index is 1.50. The first-order chi connectivity index (χ1) is 12.8. The number of benzene rings is 2. The molecule has 3 rings (SSSR count). The van der Waals surface area contributed by atoms with Crippen molar-refractivity contribution in [1.29, 1.82) is 5.26 Å². The second-order valence-corrected chi connectivity index (χ2v) is 6.59. The first kappa shape index (κ1) is 17.8. The number of aromatic nitrogens is 3. The molecule has 0 unspecified atom stereocenters. The number of nitrogens with one attached hydrogen (secondary N) is 1. The quantitative estimate of drug-likeness (QED) is 0.489. The first-order valence-corrected chi connectivity index (χ1v) is 9.20. The van der Waals surface area contributed by atoms with Gasteiger partial charge in [-0.2, -0.15) is 5.26 Å². The van der Waals surface area contributed by atoms with Crippen molar-refractivity contribution in [3.8, 4) is 11.8 Å². The molecular formula is C19H18N4O2S. The Morgan fingerprint density at radius 1 is 1.15 bits per heavy atom. The van der Waals surface area contributed by atoms with E-state index in [1.54, 1.807) is 28.8 Å². The minimum absolute atomic E-state index is 0.198. The van der Waals surface area contributed by atoms with Crippen molar-refractivity contribution in [3.05, 3.63) is 76.2 Å². The van der Waals surface area contributed by atoms with Crippen molar-refractivity contribution in [1.82, 2.24) is 14.8 Å². The van der Waals surface area contributed by atoms with E-state index < -0.39 is 0 Å². The van der Waals surface area contributed by atoms with Gasteiger partial charge in [0.15, 0.2) is 5.16 Å². The summed E-state index contributed by atoms with van der Waals surface area (Å²) in [6, 6.07) is 19.1. The number of hydrogen-bond acceptors (Lipinski definition) is 5. The molecule has 1 heterocycles. The smallest absolute Gasteiger partial charge is 0.343 e. The number of aromatic amines is 1. The van der Waals surface area contributed by atoms with Crippen molar-refractivity contribution in [2.75, 3.05) is 12.4 Å². The van der Waals surface area contributed by atoms with Crippen molar-refractivity contribution in [3.63, 3.8) is 0 Å². The summed E-state index contributed by atoms with van der Waals surface area (Å²) < 4.78 is 7.30. The second-order valence-electron chi connectivity index (χ2n) is 5.53. The summed E-state index contributed by atoms with van der Waals surface area (Å²) in [6.07, 6.45) is 0.773. The lowest BCUT2D eigenvalue weighted by molar-refractivity contribution is 0.344. The van der Waals surface area contributed by atoms with E-state index in [9.17, 15) is 4.79 Å². The zero-order valence-electron chi connectivity index (χ0n) is 14.1. The van der Waals surface area contributed by atoms with Crippen LogP contribution in [0.4, 0.5) is 0 Å². The first-order valence-electron chi connectivity index (χ1n) is 8.21. The Bertz CT molecular complexity index is 927. The van der Waals surface area contributed by atoms with Crippen LogP contribution in [0.25, 0.3) is 0 Å². The van der Waals surface area contributed by atoms with Gasteiger partial charge in [0.2, 0.25) is 0 Å². The molecule has 0 atom stereocenters. The molecule has 0 aliphatic heterocycles. The number of rotatable bonds is 8. The zero-order valence-corrected chi connectivity index (χ0v) is 14.9. The van der Waals surface area contributed by atoms with Gasteiger partial charge in [0.25, 0.3) is 0 Å². The minimum atomic E-state index is -0.198. The number of hydrogen-bond donors (Lipinski definition) is 1. The highest BCUT2D eigenvalue weighted by atomic mass is 32.2. The highest BCUT2D eigenvalue weighted by Crippen LogP contribution is 2.16. The van der Waals surface area contributed by atoms with Crippen LogP contribution in [-0.2, 0) is 13.0 Å². The van der Waals surface area contributed by atoms with Gasteiger partial charge < -0.3 is 4.74 Å². The van der Waals surface area contributed by atoms with Crippen LogP contribution in [0, 0.1) is 11.3 Å². The van der Waals surface area contributed by atoms with Gasteiger partial charge in [0, 0.05) is 12.3 Å². The number of ether oxygens (including phenoxy) is 1. The van der Waals surface area contributed by atoms with E-state index in [0.717, 1.165) is 6.42 Å². The molecule has 0 aliphatic rings. The van der Waals surface area contributed by atoms with Crippen LogP contribution < -0.4 is 10.4 Å². The predicted molar refractivity (Wildman–Crippen MR) is 100 cm³/mol. The molecule has 2 aromatic carbocycles. The number of nitrogens with zero attached hydrogens (tertiary/aromatic N) is 3. The Hall–Kier alpha value is -2.98. The maximum absolute atomic E-state index is 11.9. The molecule has 1 aromatic heterocycles. The number of thioether (sulfide) groups is 1. The van der Waals surface area contributed by atoms with Crippen LogP contribution in [0.2, 0.25) is 0 Å². The van der Waals surface area contributed by atoms with E-state index in [1.807, 2.05) is 30.3 Å². The van der Waals surface area contributed by atoms with Gasteiger partial charge in [-0.3, -0.25) is 4.57 Å². The molecule has 0 saturated carbocycles. The SMILES string of the molecule is N#Cc1ccc(OCCSc2n[nH]c(=O)n2CCc2ccccc2)cc1. The molecule has 0 spiro atoms. The van der Waals surface area contributed by atoms with Crippen molar-refractivity contribution in [2.24, 2.45) is 0 Å². The summed E-state index contributed by atoms with van der Waals surface area (Å²) >= 11 is 1.47. The summed E-state index contributed by atoms with van der Waals surface area (Å²) in [5.41, 5.74) is 1.59. The highest BCUT2D eigenvalue weighted by molar-refractivity contribution is 7.99. The Morgan fingerprint density at radius 2 is 1.92 bits per heavy atom. The van der Waals surface area contributed by atoms with Gasteiger partial charge in [0.05, 0.1) is 18.2 Å². The molecular weight excluding hydrogens is 348 g/mol. The lowest BCUT2D eigenvalue weighted by Crippen LogP contribution is -2.19. The number of H-pyrrole nitrogens is 1. The van der Waals surface area contributed by atoms with Crippen LogP contribution in [0.5, 0.6) is 5.75 Å². The molecule has 132 valence electrons. The summed E-state index contributed by atoms with van der Waals surface area (Å²) in [7, 11) is 0. The maximum atomic E-state index is 11.9. The van der Waals surface area contributed by atoms with Gasteiger partial charge in [0.1, 0.15) is 5.75 Å². The molecule has 0 fully saturated rings. The van der Waals surface area contributed by atoms with Gasteiger partial charge in [-0.05, 0) is 36.2 Å². The van der Waals surface area contributed by atoms with E-state index in [-0.39, 0.29) is 5.69 Å². The lowest BCUT2D eigenvalue weighted by Gasteiger charge is -2.07. The molecule has 0 amide bonds. The number of nitriles is 1. The van der Waals surface area contributed by atoms with Gasteiger partial charge in [-0.15, -0.1) is 5.10 Å². The second kappa shape index (κ2) is 8.92. The Morgan fingerprint density at radius 3 is 2.65 bits per heavy atom. The van der Waals surface area contributed by atoms with Crippen LogP contribution >= 0.6 is 11.8 Å². The normalized spacial score (nSPS) is 10.4. The fourth-order valence-electron chi connectivity index (χ4n) is 2.41. The van der Waals surface area contributed by atoms with Crippen molar-refractivity contribution in [2.45, 2.75) is 18.1 Å². The zero-order chi connectivity index (χ0) is 18.2. The van der Waals surface area contributed by atoms with Crippen LogP contribution in [0.15, 0.2) is 64.5 Å². The van der Waals surface area contributed by atoms with Crippen LogP contribution in [0.3, 0.4) is 0 Å². The average molecular weight is 366 g/mol. The largest absolute Gasteiger partial charge is 0.493 e. The Labute approximate surface area is 155 Å². The summed E-state index contributed by atoms with van der Waals surface area (Å²) in [5.74, 6) is 1.38. The van der Waals surface area contributed by atoms with Gasteiger partial charge >= 0.3 is 5.69 Å². The molecule has 1 N–H and O–H groups in total. The van der Waals surface area contributed by atoms with E-state index in [0.29, 0.717) is 35.4 Å². The standard InChI is InChI=1S/C19H18N4O2S/c20-14-16-6-8-17(9-7-16)25-12-13-26-19-22-21-18(24)23(19)11-10-15-4-2-1-3-5-15/h1-9H,10-13H2,(H,21,24). The van der Waals surface area contributed by atoms with Gasteiger partial charge in [-0.1, -0.05) is 42.1 Å². The minimum Gasteiger partial charge on any atom is -0.493 e. The van der Waals surface area contributed by atoms with E-state index in [4.69, 9.17) is 10.00 Å². The van der Waals surface area contributed by atoms with E-state index in [2.05, 4.69) is 16.3 Å². The molecule has 6 nitrogen and oxygen atoms in total. The summed E-state index contributed by atoms with van der Waals surface area (Å²) in [6.45, 7) is 1.06. The number of aryl methyl sites for hydroxylation is 1. The maximum Gasteiger partial charge on any atom is 0.343 e.